The van der Waals surface area contributed by atoms with Gasteiger partial charge in [0.05, 0.1) is 12.8 Å². The number of furan rings is 1. The highest BCUT2D eigenvalue weighted by Crippen LogP contribution is 2.15. The topological polar surface area (TPSA) is 78.7 Å². The molecule has 7 heteroatoms. The summed E-state index contributed by atoms with van der Waals surface area (Å²) in [7, 11) is 0. The number of aryl methyl sites for hydroxylation is 2. The summed E-state index contributed by atoms with van der Waals surface area (Å²) in [4.78, 5) is 19.1. The molecular formula is C18H26N4O2S. The summed E-state index contributed by atoms with van der Waals surface area (Å²) in [6.07, 6.45) is 2.33. The van der Waals surface area contributed by atoms with Crippen LogP contribution in [0.5, 0.6) is 0 Å². The molecule has 0 aliphatic carbocycles. The van der Waals surface area contributed by atoms with Crippen molar-refractivity contribution in [1.82, 2.24) is 16.0 Å². The summed E-state index contributed by atoms with van der Waals surface area (Å²) >= 11 is 1.76. The molecule has 2 heterocycles. The number of thiophene rings is 1. The quantitative estimate of drug-likeness (QED) is 0.383. The Bertz CT molecular complexity index is 706. The third kappa shape index (κ3) is 6.26. The number of rotatable bonds is 8. The molecule has 2 aromatic rings. The van der Waals surface area contributed by atoms with Crippen molar-refractivity contribution in [1.29, 1.82) is 0 Å². The second-order valence-corrected chi connectivity index (χ2v) is 7.05. The first kappa shape index (κ1) is 19.1. The fourth-order valence-corrected chi connectivity index (χ4v) is 3.07. The fraction of sp³-hybridized carbons (Fsp3) is 0.444. The molecule has 1 amide bonds. The van der Waals surface area contributed by atoms with E-state index in [1.807, 2.05) is 13.8 Å². The normalized spacial score (nSPS) is 11.4. The molecule has 0 bridgehead atoms. The van der Waals surface area contributed by atoms with E-state index in [2.05, 4.69) is 40.0 Å². The summed E-state index contributed by atoms with van der Waals surface area (Å²) in [5.41, 5.74) is 0.848. The molecule has 0 fully saturated rings. The van der Waals surface area contributed by atoms with E-state index in [4.69, 9.17) is 4.42 Å². The second-order valence-electron chi connectivity index (χ2n) is 5.68. The zero-order valence-corrected chi connectivity index (χ0v) is 15.8. The van der Waals surface area contributed by atoms with Crippen LogP contribution in [0.15, 0.2) is 33.9 Å². The Balaban J connectivity index is 1.70. The van der Waals surface area contributed by atoms with Gasteiger partial charge in [-0.2, -0.15) is 0 Å². The van der Waals surface area contributed by atoms with Crippen LogP contribution in [0, 0.1) is 13.8 Å². The van der Waals surface area contributed by atoms with E-state index < -0.39 is 0 Å². The number of hydrogen-bond acceptors (Lipinski definition) is 4. The lowest BCUT2D eigenvalue weighted by atomic mass is 10.2. The first-order valence-corrected chi connectivity index (χ1v) is 9.31. The van der Waals surface area contributed by atoms with Crippen LogP contribution in [0.25, 0.3) is 0 Å². The van der Waals surface area contributed by atoms with Crippen LogP contribution in [-0.4, -0.2) is 31.5 Å². The molecule has 136 valence electrons. The largest absolute Gasteiger partial charge is 0.459 e. The third-order valence-electron chi connectivity index (χ3n) is 3.53. The first-order chi connectivity index (χ1) is 12.1. The second kappa shape index (κ2) is 9.88. The summed E-state index contributed by atoms with van der Waals surface area (Å²) in [5.74, 6) is 1.01. The number of guanidine groups is 1. The molecule has 0 saturated carbocycles. The Morgan fingerprint density at radius 2 is 1.96 bits per heavy atom. The minimum absolute atomic E-state index is 0.170. The van der Waals surface area contributed by atoms with Crippen molar-refractivity contribution in [2.75, 3.05) is 19.6 Å². The van der Waals surface area contributed by atoms with Crippen LogP contribution in [-0.2, 0) is 6.54 Å². The van der Waals surface area contributed by atoms with E-state index >= 15 is 0 Å². The summed E-state index contributed by atoms with van der Waals surface area (Å²) < 4.78 is 5.17. The molecule has 2 rings (SSSR count). The lowest BCUT2D eigenvalue weighted by Crippen LogP contribution is -2.38. The Morgan fingerprint density at radius 1 is 1.16 bits per heavy atom. The molecule has 25 heavy (non-hydrogen) atoms. The molecule has 0 aromatic carbocycles. The van der Waals surface area contributed by atoms with Crippen LogP contribution in [0.2, 0.25) is 0 Å². The Labute approximate surface area is 152 Å². The predicted octanol–water partition coefficient (Wildman–Crippen LogP) is 2.83. The highest BCUT2D eigenvalue weighted by Gasteiger charge is 2.11. The molecule has 0 atom stereocenters. The third-order valence-corrected chi connectivity index (χ3v) is 4.52. The average molecular weight is 362 g/mol. The predicted molar refractivity (Wildman–Crippen MR) is 102 cm³/mol. The minimum atomic E-state index is -0.170. The number of amides is 1. The maximum atomic E-state index is 11.9. The number of hydrogen-bond donors (Lipinski definition) is 3. The van der Waals surface area contributed by atoms with Gasteiger partial charge in [0.25, 0.3) is 5.91 Å². The van der Waals surface area contributed by atoms with E-state index in [0.29, 0.717) is 18.8 Å². The van der Waals surface area contributed by atoms with Crippen LogP contribution in [0.1, 0.15) is 39.2 Å². The summed E-state index contributed by atoms with van der Waals surface area (Å²) in [5, 5.41) is 9.38. The lowest BCUT2D eigenvalue weighted by Gasteiger charge is -2.11. The van der Waals surface area contributed by atoms with Crippen molar-refractivity contribution in [3.8, 4) is 0 Å². The van der Waals surface area contributed by atoms with Crippen molar-refractivity contribution < 1.29 is 9.21 Å². The van der Waals surface area contributed by atoms with Crippen molar-refractivity contribution in [2.24, 2.45) is 4.99 Å². The number of carbonyl (C=O) groups is 1. The standard InChI is InChI=1S/C18H26N4O2S/c1-4-19-18(22-12-15-7-6-14(3)25-15)21-10-5-9-20-17(23)16-13(2)8-11-24-16/h6-8,11H,4-5,9-10,12H2,1-3H3,(H,20,23)(H2,19,21,22). The van der Waals surface area contributed by atoms with Gasteiger partial charge in [0.15, 0.2) is 11.7 Å². The van der Waals surface area contributed by atoms with Gasteiger partial charge in [-0.25, -0.2) is 4.99 Å². The maximum absolute atomic E-state index is 11.9. The zero-order chi connectivity index (χ0) is 18.1. The van der Waals surface area contributed by atoms with Crippen molar-refractivity contribution in [3.63, 3.8) is 0 Å². The molecule has 6 nitrogen and oxygen atoms in total. The molecule has 2 aromatic heterocycles. The zero-order valence-electron chi connectivity index (χ0n) is 15.0. The van der Waals surface area contributed by atoms with E-state index in [9.17, 15) is 4.79 Å². The van der Waals surface area contributed by atoms with Gasteiger partial charge in [0.1, 0.15) is 0 Å². The summed E-state index contributed by atoms with van der Waals surface area (Å²) in [6.45, 7) is 8.78. The number of nitrogens with zero attached hydrogens (tertiary/aromatic N) is 1. The van der Waals surface area contributed by atoms with E-state index in [1.54, 1.807) is 17.4 Å². The highest BCUT2D eigenvalue weighted by molar-refractivity contribution is 7.11. The van der Waals surface area contributed by atoms with E-state index in [-0.39, 0.29) is 5.91 Å². The molecule has 0 saturated heterocycles. The molecule has 0 unspecified atom stereocenters. The monoisotopic (exact) mass is 362 g/mol. The van der Waals surface area contributed by atoms with Gasteiger partial charge in [0, 0.05) is 35.0 Å². The highest BCUT2D eigenvalue weighted by atomic mass is 32.1. The fourth-order valence-electron chi connectivity index (χ4n) is 2.25. The summed E-state index contributed by atoms with van der Waals surface area (Å²) in [6, 6.07) is 6.00. The van der Waals surface area contributed by atoms with E-state index in [1.165, 1.54) is 16.0 Å². The van der Waals surface area contributed by atoms with Gasteiger partial charge in [-0.05, 0) is 45.4 Å². The van der Waals surface area contributed by atoms with Crippen LogP contribution >= 0.6 is 11.3 Å². The van der Waals surface area contributed by atoms with Gasteiger partial charge >= 0.3 is 0 Å². The molecule has 3 N–H and O–H groups in total. The number of aliphatic imine (C=N–C) groups is 1. The van der Waals surface area contributed by atoms with Crippen molar-refractivity contribution in [2.45, 2.75) is 33.7 Å². The Hall–Kier alpha value is -2.28. The lowest BCUT2D eigenvalue weighted by molar-refractivity contribution is 0.0925. The average Bonchev–Trinajstić information content (AvgIpc) is 3.20. The maximum Gasteiger partial charge on any atom is 0.287 e. The van der Waals surface area contributed by atoms with E-state index in [0.717, 1.165) is 31.0 Å². The molecule has 0 aliphatic heterocycles. The van der Waals surface area contributed by atoms with Crippen LogP contribution in [0.3, 0.4) is 0 Å². The van der Waals surface area contributed by atoms with Gasteiger partial charge in [-0.1, -0.05) is 0 Å². The van der Waals surface area contributed by atoms with Crippen LogP contribution < -0.4 is 16.0 Å². The molecule has 0 spiro atoms. The smallest absolute Gasteiger partial charge is 0.287 e. The minimum Gasteiger partial charge on any atom is -0.459 e. The Morgan fingerprint density at radius 3 is 2.60 bits per heavy atom. The first-order valence-electron chi connectivity index (χ1n) is 8.50. The SMILES string of the molecule is CCNC(=NCc1ccc(C)s1)NCCCNC(=O)c1occc1C. The van der Waals surface area contributed by atoms with Crippen LogP contribution in [0.4, 0.5) is 0 Å². The van der Waals surface area contributed by atoms with Crippen molar-refractivity contribution >= 4 is 23.2 Å². The molecular weight excluding hydrogens is 336 g/mol. The van der Waals surface area contributed by atoms with Gasteiger partial charge in [0.2, 0.25) is 0 Å². The van der Waals surface area contributed by atoms with Gasteiger partial charge in [-0.15, -0.1) is 11.3 Å². The number of nitrogens with one attached hydrogen (secondary N) is 3. The molecule has 0 aliphatic rings. The Kier molecular flexibility index (Phi) is 7.53. The van der Waals surface area contributed by atoms with Crippen molar-refractivity contribution in [3.05, 3.63) is 45.5 Å². The van der Waals surface area contributed by atoms with Gasteiger partial charge < -0.3 is 20.4 Å². The number of carbonyl (C=O) groups excluding carboxylic acids is 1. The van der Waals surface area contributed by atoms with Gasteiger partial charge in [-0.3, -0.25) is 4.79 Å². The molecule has 0 radical (unpaired) electrons.